The number of rotatable bonds is 4. The molecular formula is C15H27ClN2O3. The van der Waals surface area contributed by atoms with E-state index in [4.69, 9.17) is 9.47 Å². The number of carbonyl (C=O) groups is 1. The van der Waals surface area contributed by atoms with Crippen LogP contribution in [0.1, 0.15) is 39.0 Å². The molecule has 2 aliphatic carbocycles. The Morgan fingerprint density at radius 1 is 1.43 bits per heavy atom. The van der Waals surface area contributed by atoms with Crippen molar-refractivity contribution in [3.63, 3.8) is 0 Å². The third-order valence-electron chi connectivity index (χ3n) is 5.22. The normalized spacial score (nSPS) is 34.0. The fourth-order valence-corrected chi connectivity index (χ4v) is 4.09. The van der Waals surface area contributed by atoms with Crippen LogP contribution in [0.15, 0.2) is 0 Å². The van der Waals surface area contributed by atoms with Gasteiger partial charge in [-0.3, -0.25) is 4.79 Å². The molecule has 3 rings (SSSR count). The first kappa shape index (κ1) is 17.0. The van der Waals surface area contributed by atoms with Gasteiger partial charge in [0.25, 0.3) is 5.91 Å². The third kappa shape index (κ3) is 3.21. The van der Waals surface area contributed by atoms with Gasteiger partial charge in [-0.2, -0.15) is 0 Å². The molecule has 1 aliphatic heterocycles. The summed E-state index contributed by atoms with van der Waals surface area (Å²) in [6.45, 7) is 4.90. The SMILES string of the molecule is CCOC1CC(NC(=O)C2CNCCO2)C12CCCC2.Cl. The van der Waals surface area contributed by atoms with Crippen molar-refractivity contribution < 1.29 is 14.3 Å². The van der Waals surface area contributed by atoms with Gasteiger partial charge < -0.3 is 20.1 Å². The average Bonchev–Trinajstić information content (AvgIpc) is 2.99. The van der Waals surface area contributed by atoms with E-state index in [0.29, 0.717) is 19.3 Å². The number of halogens is 1. The smallest absolute Gasteiger partial charge is 0.250 e. The Bertz CT molecular complexity index is 355. The molecule has 3 unspecified atom stereocenters. The fourth-order valence-electron chi connectivity index (χ4n) is 4.09. The number of amides is 1. The van der Waals surface area contributed by atoms with Crippen LogP contribution in [-0.4, -0.2) is 50.5 Å². The predicted molar refractivity (Wildman–Crippen MR) is 82.7 cm³/mol. The maximum absolute atomic E-state index is 12.3. The van der Waals surface area contributed by atoms with Crippen molar-refractivity contribution in [1.29, 1.82) is 0 Å². The molecule has 0 bridgehead atoms. The molecule has 0 aromatic carbocycles. The molecule has 0 radical (unpaired) electrons. The Kier molecular flexibility index (Phi) is 5.88. The van der Waals surface area contributed by atoms with Crippen molar-refractivity contribution in [2.24, 2.45) is 5.41 Å². The zero-order valence-corrected chi connectivity index (χ0v) is 13.5. The largest absolute Gasteiger partial charge is 0.378 e. The van der Waals surface area contributed by atoms with Crippen LogP contribution in [0.4, 0.5) is 0 Å². The topological polar surface area (TPSA) is 59.6 Å². The van der Waals surface area contributed by atoms with Crippen molar-refractivity contribution in [2.45, 2.75) is 57.3 Å². The molecule has 2 N–H and O–H groups in total. The van der Waals surface area contributed by atoms with E-state index < -0.39 is 0 Å². The summed E-state index contributed by atoms with van der Waals surface area (Å²) in [5.41, 5.74) is 0.202. The molecule has 0 aromatic rings. The molecule has 0 aromatic heterocycles. The Morgan fingerprint density at radius 2 is 2.19 bits per heavy atom. The van der Waals surface area contributed by atoms with Crippen LogP contribution < -0.4 is 10.6 Å². The van der Waals surface area contributed by atoms with Crippen molar-refractivity contribution in [3.8, 4) is 0 Å². The molecule has 21 heavy (non-hydrogen) atoms. The number of morpholine rings is 1. The highest BCUT2D eigenvalue weighted by Crippen LogP contribution is 2.54. The summed E-state index contributed by atoms with van der Waals surface area (Å²) in [5.74, 6) is 0.0448. The Morgan fingerprint density at radius 3 is 2.81 bits per heavy atom. The molecular weight excluding hydrogens is 292 g/mol. The molecule has 6 heteroatoms. The third-order valence-corrected chi connectivity index (χ3v) is 5.22. The molecule has 3 fully saturated rings. The number of hydrogen-bond acceptors (Lipinski definition) is 4. The van der Waals surface area contributed by atoms with Gasteiger partial charge in [0.2, 0.25) is 0 Å². The van der Waals surface area contributed by atoms with E-state index in [9.17, 15) is 4.79 Å². The molecule has 3 aliphatic rings. The molecule has 122 valence electrons. The minimum absolute atomic E-state index is 0. The van der Waals surface area contributed by atoms with Gasteiger partial charge in [-0.25, -0.2) is 0 Å². The van der Waals surface area contributed by atoms with Gasteiger partial charge >= 0.3 is 0 Å². The Labute approximate surface area is 132 Å². The van der Waals surface area contributed by atoms with Gasteiger partial charge in [-0.15, -0.1) is 12.4 Å². The Balaban J connectivity index is 0.00000161. The highest BCUT2D eigenvalue weighted by atomic mass is 35.5. The van der Waals surface area contributed by atoms with Crippen molar-refractivity contribution in [2.75, 3.05) is 26.3 Å². The van der Waals surface area contributed by atoms with Gasteiger partial charge in [0.15, 0.2) is 0 Å². The van der Waals surface area contributed by atoms with Gasteiger partial charge in [-0.1, -0.05) is 12.8 Å². The second-order valence-corrected chi connectivity index (χ2v) is 6.24. The van der Waals surface area contributed by atoms with E-state index in [1.54, 1.807) is 0 Å². The number of ether oxygens (including phenoxy) is 2. The summed E-state index contributed by atoms with van der Waals surface area (Å²) in [6, 6.07) is 0.277. The van der Waals surface area contributed by atoms with E-state index in [-0.39, 0.29) is 35.9 Å². The number of carbonyl (C=O) groups excluding carboxylic acids is 1. The molecule has 1 amide bonds. The van der Waals surface area contributed by atoms with E-state index >= 15 is 0 Å². The second kappa shape index (κ2) is 7.27. The summed E-state index contributed by atoms with van der Waals surface area (Å²) in [4.78, 5) is 12.3. The van der Waals surface area contributed by atoms with E-state index in [0.717, 1.165) is 19.6 Å². The molecule has 5 nitrogen and oxygen atoms in total. The lowest BCUT2D eigenvalue weighted by Crippen LogP contribution is -2.65. The van der Waals surface area contributed by atoms with Gasteiger partial charge in [0.05, 0.1) is 12.7 Å². The first-order valence-corrected chi connectivity index (χ1v) is 8.00. The highest BCUT2D eigenvalue weighted by Gasteiger charge is 2.57. The molecule has 3 atom stereocenters. The molecule has 1 saturated heterocycles. The summed E-state index contributed by atoms with van der Waals surface area (Å²) >= 11 is 0. The maximum atomic E-state index is 12.3. The van der Waals surface area contributed by atoms with Crippen LogP contribution >= 0.6 is 12.4 Å². The van der Waals surface area contributed by atoms with Gasteiger partial charge in [0, 0.05) is 31.2 Å². The standard InChI is InChI=1S/C15H26N2O3.ClH/c1-2-19-13-9-12(15(13)5-3-4-6-15)17-14(18)11-10-16-7-8-20-11;/h11-13,16H,2-10H2,1H3,(H,17,18);1H. The fraction of sp³-hybridized carbons (Fsp3) is 0.933. The number of hydrogen-bond donors (Lipinski definition) is 2. The highest BCUT2D eigenvalue weighted by molar-refractivity contribution is 5.85. The van der Waals surface area contributed by atoms with Crippen LogP contribution in [0.3, 0.4) is 0 Å². The minimum atomic E-state index is -0.326. The lowest BCUT2D eigenvalue weighted by molar-refractivity contribution is -0.152. The zero-order valence-electron chi connectivity index (χ0n) is 12.7. The van der Waals surface area contributed by atoms with Crippen LogP contribution in [-0.2, 0) is 14.3 Å². The average molecular weight is 319 g/mol. The van der Waals surface area contributed by atoms with Gasteiger partial charge in [-0.05, 0) is 26.2 Å². The van der Waals surface area contributed by atoms with Gasteiger partial charge in [0.1, 0.15) is 6.10 Å². The van der Waals surface area contributed by atoms with Crippen LogP contribution in [0.5, 0.6) is 0 Å². The lowest BCUT2D eigenvalue weighted by Gasteiger charge is -2.54. The van der Waals surface area contributed by atoms with Crippen LogP contribution in [0, 0.1) is 5.41 Å². The van der Waals surface area contributed by atoms with Crippen molar-refractivity contribution >= 4 is 18.3 Å². The minimum Gasteiger partial charge on any atom is -0.378 e. The summed E-state index contributed by atoms with van der Waals surface area (Å²) < 4.78 is 11.4. The Hall–Kier alpha value is -0.360. The van der Waals surface area contributed by atoms with E-state index in [2.05, 4.69) is 17.6 Å². The predicted octanol–water partition coefficient (Wildman–Crippen LogP) is 1.25. The molecule has 2 saturated carbocycles. The lowest BCUT2D eigenvalue weighted by atomic mass is 9.60. The van der Waals surface area contributed by atoms with E-state index in [1.807, 2.05) is 0 Å². The first-order valence-electron chi connectivity index (χ1n) is 8.00. The summed E-state index contributed by atoms with van der Waals surface area (Å²) in [5, 5.41) is 6.43. The molecule has 1 spiro atoms. The summed E-state index contributed by atoms with van der Waals surface area (Å²) in [6.07, 6.45) is 5.87. The van der Waals surface area contributed by atoms with E-state index in [1.165, 1.54) is 25.7 Å². The first-order chi connectivity index (χ1) is 9.76. The summed E-state index contributed by atoms with van der Waals surface area (Å²) in [7, 11) is 0. The monoisotopic (exact) mass is 318 g/mol. The van der Waals surface area contributed by atoms with Crippen LogP contribution in [0.2, 0.25) is 0 Å². The van der Waals surface area contributed by atoms with Crippen molar-refractivity contribution in [3.05, 3.63) is 0 Å². The second-order valence-electron chi connectivity index (χ2n) is 6.24. The quantitative estimate of drug-likeness (QED) is 0.819. The number of nitrogens with one attached hydrogen (secondary N) is 2. The zero-order chi connectivity index (χ0) is 14.0. The maximum Gasteiger partial charge on any atom is 0.250 e. The van der Waals surface area contributed by atoms with Crippen molar-refractivity contribution in [1.82, 2.24) is 10.6 Å². The van der Waals surface area contributed by atoms with Crippen LogP contribution in [0.25, 0.3) is 0 Å². The molecule has 1 heterocycles.